The van der Waals surface area contributed by atoms with Gasteiger partial charge in [-0.15, -0.1) is 4.83 Å². The summed E-state index contributed by atoms with van der Waals surface area (Å²) in [7, 11) is -3.95. The molecule has 0 aromatic heterocycles. The first kappa shape index (κ1) is 12.5. The molecule has 1 aromatic carbocycles. The number of hydrogen-bond acceptors (Lipinski definition) is 5. The lowest BCUT2D eigenvalue weighted by Gasteiger charge is -2.15. The minimum Gasteiger partial charge on any atom is -0.399 e. The van der Waals surface area contributed by atoms with Crippen molar-refractivity contribution in [2.75, 3.05) is 5.73 Å². The van der Waals surface area contributed by atoms with E-state index in [1.54, 1.807) is 0 Å². The van der Waals surface area contributed by atoms with Crippen molar-refractivity contribution in [2.45, 2.75) is 17.7 Å². The Hall–Kier alpha value is -1.93. The Labute approximate surface area is 104 Å². The summed E-state index contributed by atoms with van der Waals surface area (Å²) < 4.78 is 23.8. The Balaban J connectivity index is 2.24. The van der Waals surface area contributed by atoms with Crippen LogP contribution in [0.5, 0.6) is 0 Å². The first-order chi connectivity index (χ1) is 8.40. The van der Waals surface area contributed by atoms with Crippen LogP contribution >= 0.6 is 0 Å². The fourth-order valence-electron chi connectivity index (χ4n) is 1.50. The molecule has 96 valence electrons. The van der Waals surface area contributed by atoms with Crippen molar-refractivity contribution in [1.82, 2.24) is 9.84 Å². The van der Waals surface area contributed by atoms with Gasteiger partial charge in [0.05, 0.1) is 4.90 Å². The fraction of sp³-hybridized carbons (Fsp3) is 0.200. The van der Waals surface area contributed by atoms with Gasteiger partial charge in [0.15, 0.2) is 0 Å². The van der Waals surface area contributed by atoms with Crippen molar-refractivity contribution >= 4 is 27.5 Å². The molecular formula is C10H11N3O4S. The molecule has 0 unspecified atom stereocenters. The van der Waals surface area contributed by atoms with Gasteiger partial charge in [-0.2, -0.15) is 5.01 Å². The zero-order valence-electron chi connectivity index (χ0n) is 9.29. The number of anilines is 1. The summed E-state index contributed by atoms with van der Waals surface area (Å²) in [4.78, 5) is 24.5. The van der Waals surface area contributed by atoms with E-state index in [-0.39, 0.29) is 17.7 Å². The molecule has 1 fully saturated rings. The maximum atomic E-state index is 11.9. The van der Waals surface area contributed by atoms with Crippen LogP contribution in [0.3, 0.4) is 0 Å². The number of imide groups is 1. The van der Waals surface area contributed by atoms with Gasteiger partial charge < -0.3 is 5.73 Å². The Kier molecular flexibility index (Phi) is 3.05. The van der Waals surface area contributed by atoms with E-state index in [0.717, 1.165) is 0 Å². The normalized spacial score (nSPS) is 16.3. The highest BCUT2D eigenvalue weighted by atomic mass is 32.2. The van der Waals surface area contributed by atoms with E-state index >= 15 is 0 Å². The number of nitrogens with zero attached hydrogens (tertiary/aromatic N) is 1. The van der Waals surface area contributed by atoms with Crippen molar-refractivity contribution in [2.24, 2.45) is 0 Å². The smallest absolute Gasteiger partial charge is 0.257 e. The van der Waals surface area contributed by atoms with Crippen molar-refractivity contribution in [3.63, 3.8) is 0 Å². The van der Waals surface area contributed by atoms with E-state index in [1.807, 2.05) is 4.83 Å². The predicted molar refractivity (Wildman–Crippen MR) is 62.3 cm³/mol. The average molecular weight is 269 g/mol. The Bertz CT molecular complexity index is 578. The number of hydrogen-bond donors (Lipinski definition) is 2. The third-order valence-electron chi connectivity index (χ3n) is 2.45. The molecule has 0 aliphatic carbocycles. The number of carbonyl (C=O) groups excluding carboxylic acids is 2. The number of rotatable bonds is 3. The zero-order valence-corrected chi connectivity index (χ0v) is 10.1. The van der Waals surface area contributed by atoms with Gasteiger partial charge in [-0.1, -0.05) is 0 Å². The summed E-state index contributed by atoms with van der Waals surface area (Å²) in [6.07, 6.45) is 0.0339. The van der Waals surface area contributed by atoms with Crippen LogP contribution in [0.1, 0.15) is 12.8 Å². The maximum absolute atomic E-state index is 11.9. The summed E-state index contributed by atoms with van der Waals surface area (Å²) in [5.41, 5.74) is 5.86. The highest BCUT2D eigenvalue weighted by molar-refractivity contribution is 7.89. The van der Waals surface area contributed by atoms with Crippen LogP contribution in [-0.4, -0.2) is 25.2 Å². The number of hydrazine groups is 1. The number of benzene rings is 1. The SMILES string of the molecule is Nc1ccc(S(=O)(=O)NN2C(=O)CCC2=O)cc1. The quantitative estimate of drug-likeness (QED) is 0.573. The monoisotopic (exact) mass is 269 g/mol. The molecule has 1 saturated heterocycles. The summed E-state index contributed by atoms with van der Waals surface area (Å²) in [5.74, 6) is -1.11. The topological polar surface area (TPSA) is 110 Å². The molecule has 8 heteroatoms. The Morgan fingerprint density at radius 1 is 1.06 bits per heavy atom. The van der Waals surface area contributed by atoms with Gasteiger partial charge >= 0.3 is 0 Å². The minimum atomic E-state index is -3.95. The number of amides is 2. The molecule has 0 atom stereocenters. The summed E-state index contributed by atoms with van der Waals surface area (Å²) >= 11 is 0. The van der Waals surface area contributed by atoms with Crippen LogP contribution in [0, 0.1) is 0 Å². The third-order valence-corrected chi connectivity index (χ3v) is 3.77. The molecule has 0 bridgehead atoms. The molecule has 7 nitrogen and oxygen atoms in total. The highest BCUT2D eigenvalue weighted by Crippen LogP contribution is 2.15. The molecule has 0 radical (unpaired) electrons. The molecule has 0 spiro atoms. The standard InChI is InChI=1S/C10H11N3O4S/c11-7-1-3-8(4-2-7)18(16,17)12-13-9(14)5-6-10(13)15/h1-4,12H,5-6,11H2. The third kappa shape index (κ3) is 2.34. The molecule has 3 N–H and O–H groups in total. The number of nitrogens with one attached hydrogen (secondary N) is 1. The van der Waals surface area contributed by atoms with Crippen LogP contribution in [0.4, 0.5) is 5.69 Å². The van der Waals surface area contributed by atoms with E-state index < -0.39 is 21.8 Å². The van der Waals surface area contributed by atoms with E-state index in [9.17, 15) is 18.0 Å². The first-order valence-corrected chi connectivity index (χ1v) is 6.62. The Morgan fingerprint density at radius 2 is 1.56 bits per heavy atom. The molecule has 18 heavy (non-hydrogen) atoms. The van der Waals surface area contributed by atoms with E-state index in [1.165, 1.54) is 24.3 Å². The fourth-order valence-corrected chi connectivity index (χ4v) is 2.54. The zero-order chi connectivity index (χ0) is 13.3. The summed E-state index contributed by atoms with van der Waals surface area (Å²) in [6.45, 7) is 0. The van der Waals surface area contributed by atoms with E-state index in [4.69, 9.17) is 5.73 Å². The number of nitrogen functional groups attached to an aromatic ring is 1. The molecule has 1 aliphatic heterocycles. The molecule has 1 aliphatic rings. The van der Waals surface area contributed by atoms with Crippen molar-refractivity contribution < 1.29 is 18.0 Å². The lowest BCUT2D eigenvalue weighted by Crippen LogP contribution is -2.45. The molecule has 1 aromatic rings. The van der Waals surface area contributed by atoms with Gasteiger partial charge in [-0.3, -0.25) is 9.59 Å². The predicted octanol–water partition coefficient (Wildman–Crippen LogP) is -0.389. The van der Waals surface area contributed by atoms with E-state index in [2.05, 4.69) is 0 Å². The number of sulfonamides is 1. The summed E-state index contributed by atoms with van der Waals surface area (Å²) in [5, 5.41) is 0.533. The van der Waals surface area contributed by atoms with Gasteiger partial charge in [0, 0.05) is 18.5 Å². The second-order valence-corrected chi connectivity index (χ2v) is 5.45. The maximum Gasteiger partial charge on any atom is 0.257 e. The lowest BCUT2D eigenvalue weighted by atomic mass is 10.3. The van der Waals surface area contributed by atoms with Crippen LogP contribution in [0.2, 0.25) is 0 Å². The lowest BCUT2D eigenvalue weighted by molar-refractivity contribution is -0.140. The minimum absolute atomic E-state index is 0.0170. The van der Waals surface area contributed by atoms with Crippen molar-refractivity contribution in [1.29, 1.82) is 0 Å². The highest BCUT2D eigenvalue weighted by Gasteiger charge is 2.32. The van der Waals surface area contributed by atoms with Crippen LogP contribution in [0.15, 0.2) is 29.2 Å². The second-order valence-electron chi connectivity index (χ2n) is 3.79. The Morgan fingerprint density at radius 3 is 2.06 bits per heavy atom. The van der Waals surface area contributed by atoms with Gasteiger partial charge in [0.1, 0.15) is 0 Å². The van der Waals surface area contributed by atoms with Crippen molar-refractivity contribution in [3.8, 4) is 0 Å². The van der Waals surface area contributed by atoms with Crippen LogP contribution in [-0.2, 0) is 19.6 Å². The first-order valence-electron chi connectivity index (χ1n) is 5.14. The largest absolute Gasteiger partial charge is 0.399 e. The average Bonchev–Trinajstić information content (AvgIpc) is 2.61. The van der Waals surface area contributed by atoms with Crippen LogP contribution in [0.25, 0.3) is 0 Å². The molecule has 2 amide bonds. The molecule has 2 rings (SSSR count). The number of carbonyl (C=O) groups is 2. The molecule has 1 heterocycles. The molecule has 0 saturated carbocycles. The van der Waals surface area contributed by atoms with Gasteiger partial charge in [-0.25, -0.2) is 8.42 Å². The van der Waals surface area contributed by atoms with Gasteiger partial charge in [0.2, 0.25) is 11.8 Å². The van der Waals surface area contributed by atoms with Gasteiger partial charge in [0.25, 0.3) is 10.0 Å². The number of nitrogens with two attached hydrogens (primary N) is 1. The van der Waals surface area contributed by atoms with Crippen molar-refractivity contribution in [3.05, 3.63) is 24.3 Å². The summed E-state index contributed by atoms with van der Waals surface area (Å²) in [6, 6.07) is 5.43. The van der Waals surface area contributed by atoms with Gasteiger partial charge in [-0.05, 0) is 24.3 Å². The second kappa shape index (κ2) is 4.39. The van der Waals surface area contributed by atoms with Crippen LogP contribution < -0.4 is 10.6 Å². The molecular weight excluding hydrogens is 258 g/mol. The van der Waals surface area contributed by atoms with E-state index in [0.29, 0.717) is 10.7 Å².